The molecule has 0 aromatic heterocycles. The predicted molar refractivity (Wildman–Crippen MR) is 49.9 cm³/mol. The van der Waals surface area contributed by atoms with E-state index in [0.29, 0.717) is 12.1 Å². The molecule has 0 aliphatic heterocycles. The Labute approximate surface area is 96.8 Å². The monoisotopic (exact) mass is 276 g/mol. The number of hydrogen-bond acceptors (Lipinski definition) is 2. The Morgan fingerprint density at radius 3 is 2.06 bits per heavy atom. The van der Waals surface area contributed by atoms with Crippen LogP contribution in [0.2, 0.25) is 0 Å². The molecule has 0 unspecified atom stereocenters. The zero-order valence-electron chi connectivity index (χ0n) is 8.32. The summed E-state index contributed by atoms with van der Waals surface area (Å²) in [4.78, 5) is 0.201. The molecular formula is C9H6F6OS. The van der Waals surface area contributed by atoms with E-state index in [9.17, 15) is 26.3 Å². The van der Waals surface area contributed by atoms with Crippen LogP contribution in [0.25, 0.3) is 0 Å². The van der Waals surface area contributed by atoms with Crippen LogP contribution in [-0.4, -0.2) is 12.6 Å². The summed E-state index contributed by atoms with van der Waals surface area (Å²) in [5, 5.41) is 0. The van der Waals surface area contributed by atoms with Crippen LogP contribution in [0.1, 0.15) is 5.56 Å². The third-order valence-electron chi connectivity index (χ3n) is 1.72. The van der Waals surface area contributed by atoms with Crippen LogP contribution >= 0.6 is 11.8 Å². The van der Waals surface area contributed by atoms with E-state index in [-0.39, 0.29) is 4.90 Å². The molecule has 0 aliphatic rings. The summed E-state index contributed by atoms with van der Waals surface area (Å²) in [6.45, 7) is 0. The predicted octanol–water partition coefficient (Wildman–Crippen LogP) is 4.33. The lowest BCUT2D eigenvalue weighted by atomic mass is 10.2. The van der Waals surface area contributed by atoms with Gasteiger partial charge in [-0.3, -0.25) is 0 Å². The van der Waals surface area contributed by atoms with Crippen molar-refractivity contribution < 1.29 is 31.1 Å². The molecule has 96 valence electrons. The molecule has 0 atom stereocenters. The number of hydrogen-bond donors (Lipinski definition) is 0. The van der Waals surface area contributed by atoms with Crippen molar-refractivity contribution in [3.05, 3.63) is 23.8 Å². The molecule has 0 aliphatic carbocycles. The first-order valence-corrected chi connectivity index (χ1v) is 5.37. The normalized spacial score (nSPS) is 12.6. The lowest BCUT2D eigenvalue weighted by molar-refractivity contribution is -0.276. The van der Waals surface area contributed by atoms with E-state index >= 15 is 0 Å². The zero-order valence-corrected chi connectivity index (χ0v) is 9.13. The maximum Gasteiger partial charge on any atom is 0.573 e. The summed E-state index contributed by atoms with van der Waals surface area (Å²) in [6, 6.07) is 2.40. The molecule has 0 saturated heterocycles. The highest BCUT2D eigenvalue weighted by Gasteiger charge is 2.39. The van der Waals surface area contributed by atoms with E-state index in [1.54, 1.807) is 0 Å². The molecule has 8 heteroatoms. The van der Waals surface area contributed by atoms with Crippen molar-refractivity contribution in [3.63, 3.8) is 0 Å². The Morgan fingerprint density at radius 1 is 1.06 bits per heavy atom. The third kappa shape index (κ3) is 4.03. The molecule has 1 aromatic carbocycles. The maximum atomic E-state index is 12.5. The van der Waals surface area contributed by atoms with E-state index in [0.717, 1.165) is 17.8 Å². The fourth-order valence-electron chi connectivity index (χ4n) is 1.07. The van der Waals surface area contributed by atoms with Crippen molar-refractivity contribution in [3.8, 4) is 5.75 Å². The van der Waals surface area contributed by atoms with Crippen molar-refractivity contribution in [1.29, 1.82) is 0 Å². The highest BCUT2D eigenvalue weighted by molar-refractivity contribution is 7.98. The number of ether oxygens (including phenoxy) is 1. The lowest BCUT2D eigenvalue weighted by Gasteiger charge is -2.15. The second-order valence-electron chi connectivity index (χ2n) is 2.91. The van der Waals surface area contributed by atoms with E-state index in [2.05, 4.69) is 4.74 Å². The van der Waals surface area contributed by atoms with Crippen LogP contribution in [0.3, 0.4) is 0 Å². The first kappa shape index (κ1) is 14.0. The smallest absolute Gasteiger partial charge is 0.405 e. The van der Waals surface area contributed by atoms with Gasteiger partial charge in [-0.15, -0.1) is 24.9 Å². The summed E-state index contributed by atoms with van der Waals surface area (Å²) in [7, 11) is 0. The minimum Gasteiger partial charge on any atom is -0.405 e. The second kappa shape index (κ2) is 4.67. The summed E-state index contributed by atoms with van der Waals surface area (Å²) in [5.74, 6) is -1.25. The fourth-order valence-corrected chi connectivity index (χ4v) is 1.51. The Balaban J connectivity index is 3.21. The van der Waals surface area contributed by atoms with Crippen LogP contribution in [0, 0.1) is 0 Å². The molecule has 0 radical (unpaired) electrons. The minimum absolute atomic E-state index is 0.201. The highest BCUT2D eigenvalue weighted by Crippen LogP contribution is 2.40. The first-order valence-electron chi connectivity index (χ1n) is 4.14. The van der Waals surface area contributed by atoms with Crippen LogP contribution in [0.5, 0.6) is 5.75 Å². The van der Waals surface area contributed by atoms with Crippen molar-refractivity contribution in [1.82, 2.24) is 0 Å². The lowest BCUT2D eigenvalue weighted by Crippen LogP contribution is -2.20. The third-order valence-corrected chi connectivity index (χ3v) is 2.44. The SMILES string of the molecule is CSc1ccc(OC(F)(F)F)c(C(F)(F)F)c1. The van der Waals surface area contributed by atoms with Gasteiger partial charge in [-0.05, 0) is 24.5 Å². The Kier molecular flexibility index (Phi) is 3.85. The van der Waals surface area contributed by atoms with E-state index in [1.165, 1.54) is 6.26 Å². The summed E-state index contributed by atoms with van der Waals surface area (Å²) in [5.41, 5.74) is -1.44. The van der Waals surface area contributed by atoms with E-state index in [1.807, 2.05) is 0 Å². The minimum atomic E-state index is -5.15. The van der Waals surface area contributed by atoms with Crippen LogP contribution in [-0.2, 0) is 6.18 Å². The number of thioether (sulfide) groups is 1. The molecule has 0 bridgehead atoms. The van der Waals surface area contributed by atoms with Crippen molar-refractivity contribution in [2.45, 2.75) is 17.4 Å². The average molecular weight is 276 g/mol. The van der Waals surface area contributed by atoms with Gasteiger partial charge in [0.25, 0.3) is 0 Å². The number of alkyl halides is 6. The quantitative estimate of drug-likeness (QED) is 0.587. The number of benzene rings is 1. The molecule has 1 aromatic rings. The average Bonchev–Trinajstić information content (AvgIpc) is 2.14. The van der Waals surface area contributed by atoms with Gasteiger partial charge in [0.15, 0.2) is 0 Å². The molecule has 0 amide bonds. The van der Waals surface area contributed by atoms with Gasteiger partial charge in [-0.25, -0.2) is 0 Å². The van der Waals surface area contributed by atoms with Crippen molar-refractivity contribution >= 4 is 11.8 Å². The Bertz CT molecular complexity index is 397. The Hall–Kier alpha value is -1.05. The molecule has 0 saturated carbocycles. The highest BCUT2D eigenvalue weighted by atomic mass is 32.2. The van der Waals surface area contributed by atoms with Gasteiger partial charge < -0.3 is 4.74 Å². The summed E-state index contributed by atoms with van der Waals surface area (Å²) < 4.78 is 76.5. The molecule has 1 nitrogen and oxygen atoms in total. The van der Waals surface area contributed by atoms with Crippen LogP contribution in [0.15, 0.2) is 23.1 Å². The van der Waals surface area contributed by atoms with E-state index < -0.39 is 23.9 Å². The van der Waals surface area contributed by atoms with Crippen LogP contribution in [0.4, 0.5) is 26.3 Å². The van der Waals surface area contributed by atoms with Crippen molar-refractivity contribution in [2.75, 3.05) is 6.26 Å². The topological polar surface area (TPSA) is 9.23 Å². The van der Waals surface area contributed by atoms with Gasteiger partial charge in [0.1, 0.15) is 5.75 Å². The maximum absolute atomic E-state index is 12.5. The summed E-state index contributed by atoms with van der Waals surface area (Å²) in [6.07, 6.45) is -8.53. The van der Waals surface area contributed by atoms with Gasteiger partial charge >= 0.3 is 12.5 Å². The molecule has 0 fully saturated rings. The number of rotatable bonds is 2. The van der Waals surface area contributed by atoms with Gasteiger partial charge in [0, 0.05) is 4.90 Å². The number of halogens is 6. The zero-order chi connectivity index (χ0) is 13.3. The van der Waals surface area contributed by atoms with Gasteiger partial charge in [-0.1, -0.05) is 0 Å². The van der Waals surface area contributed by atoms with Crippen molar-refractivity contribution in [2.24, 2.45) is 0 Å². The standard InChI is InChI=1S/C9H6F6OS/c1-17-5-2-3-7(16-9(13,14)15)6(4-5)8(10,11)12/h2-4H,1H3. The summed E-state index contributed by atoms with van der Waals surface area (Å²) >= 11 is 0.989. The fraction of sp³-hybridized carbons (Fsp3) is 0.333. The van der Waals surface area contributed by atoms with Crippen LogP contribution < -0.4 is 4.74 Å². The first-order chi connectivity index (χ1) is 7.63. The molecule has 0 heterocycles. The molecule has 17 heavy (non-hydrogen) atoms. The molecule has 0 spiro atoms. The molecular weight excluding hydrogens is 270 g/mol. The molecule has 0 N–H and O–H groups in total. The Morgan fingerprint density at radius 2 is 1.65 bits per heavy atom. The van der Waals surface area contributed by atoms with Gasteiger partial charge in [0.2, 0.25) is 0 Å². The largest absolute Gasteiger partial charge is 0.573 e. The van der Waals surface area contributed by atoms with E-state index in [4.69, 9.17) is 0 Å². The van der Waals surface area contributed by atoms with Gasteiger partial charge in [0.05, 0.1) is 5.56 Å². The second-order valence-corrected chi connectivity index (χ2v) is 3.79. The van der Waals surface area contributed by atoms with Gasteiger partial charge in [-0.2, -0.15) is 13.2 Å². The molecule has 1 rings (SSSR count).